The molecule has 2 aromatic carbocycles. The Kier molecular flexibility index (Phi) is 6.31. The Morgan fingerprint density at radius 2 is 1.84 bits per heavy atom. The SMILES string of the molecule is CCCCc1nc(I2CC2)c(CO)n1Cc1ccc(-c2ccccc2-c2nn[nH]n2)cc1. The number of unbranched alkanes of at least 4 members (excludes halogenated alkanes) is 1. The summed E-state index contributed by atoms with van der Waals surface area (Å²) in [6.45, 7) is 3.04. The van der Waals surface area contributed by atoms with E-state index in [4.69, 9.17) is 4.98 Å². The van der Waals surface area contributed by atoms with Crippen LogP contribution in [0.1, 0.15) is 36.8 Å². The van der Waals surface area contributed by atoms with Gasteiger partial charge in [-0.05, 0) is 5.21 Å². The van der Waals surface area contributed by atoms with E-state index in [0.29, 0.717) is 5.82 Å². The van der Waals surface area contributed by atoms with Gasteiger partial charge in [0.05, 0.1) is 0 Å². The normalized spacial score (nSPS) is 14.1. The van der Waals surface area contributed by atoms with Crippen LogP contribution in [0.3, 0.4) is 0 Å². The summed E-state index contributed by atoms with van der Waals surface area (Å²) in [6, 6.07) is 16.7. The van der Waals surface area contributed by atoms with Crippen LogP contribution in [0, 0.1) is 3.70 Å². The number of aliphatic hydroxyl groups excluding tert-OH is 1. The van der Waals surface area contributed by atoms with E-state index >= 15 is 0 Å². The van der Waals surface area contributed by atoms with E-state index in [-0.39, 0.29) is 6.61 Å². The van der Waals surface area contributed by atoms with Crippen LogP contribution in [0.4, 0.5) is 0 Å². The van der Waals surface area contributed by atoms with Gasteiger partial charge < -0.3 is 0 Å². The maximum absolute atomic E-state index is 10.2. The molecule has 0 radical (unpaired) electrons. The Morgan fingerprint density at radius 1 is 1.06 bits per heavy atom. The number of imidazole rings is 1. The molecule has 7 nitrogen and oxygen atoms in total. The number of aromatic amines is 1. The van der Waals surface area contributed by atoms with Crippen LogP contribution in [0.2, 0.25) is 0 Å². The number of halogens is 1. The third kappa shape index (κ3) is 4.33. The van der Waals surface area contributed by atoms with Gasteiger partial charge in [-0.15, -0.1) is 0 Å². The predicted molar refractivity (Wildman–Crippen MR) is 133 cm³/mol. The molecule has 3 heterocycles. The molecule has 1 aliphatic rings. The molecular weight excluding hydrogens is 515 g/mol. The fraction of sp³-hybridized carbons (Fsp3) is 0.333. The number of rotatable bonds is 9. The van der Waals surface area contributed by atoms with Crippen LogP contribution >= 0.6 is 19.8 Å². The number of nitrogens with zero attached hydrogens (tertiary/aromatic N) is 5. The van der Waals surface area contributed by atoms with Crippen molar-refractivity contribution in [1.82, 2.24) is 30.2 Å². The van der Waals surface area contributed by atoms with Crippen LogP contribution in [-0.2, 0) is 19.6 Å². The van der Waals surface area contributed by atoms with Crippen molar-refractivity contribution in [3.05, 3.63) is 69.3 Å². The van der Waals surface area contributed by atoms with E-state index in [2.05, 4.69) is 62.4 Å². The first kappa shape index (κ1) is 21.3. The van der Waals surface area contributed by atoms with Gasteiger partial charge in [-0.3, -0.25) is 0 Å². The maximum atomic E-state index is 10.2. The fourth-order valence-electron chi connectivity index (χ4n) is 3.98. The number of alkyl halides is 2. The number of aromatic nitrogens is 6. The van der Waals surface area contributed by atoms with Gasteiger partial charge in [0.2, 0.25) is 0 Å². The molecule has 2 N–H and O–H groups in total. The summed E-state index contributed by atoms with van der Waals surface area (Å²) in [5, 5.41) is 24.7. The Labute approximate surface area is 194 Å². The minimum absolute atomic E-state index is 0.0819. The first-order chi connectivity index (χ1) is 15.8. The summed E-state index contributed by atoms with van der Waals surface area (Å²) in [5.41, 5.74) is 5.41. The molecule has 0 spiro atoms. The summed E-state index contributed by atoms with van der Waals surface area (Å²) < 4.78 is 6.24. The zero-order chi connectivity index (χ0) is 21.9. The summed E-state index contributed by atoms with van der Waals surface area (Å²) in [7, 11) is 0. The first-order valence-corrected chi connectivity index (χ1v) is 15.1. The fourth-order valence-corrected chi connectivity index (χ4v) is 8.53. The van der Waals surface area contributed by atoms with Crippen molar-refractivity contribution in [2.75, 3.05) is 8.86 Å². The van der Waals surface area contributed by atoms with Crippen LogP contribution < -0.4 is 0 Å². The monoisotopic (exact) mass is 542 g/mol. The average Bonchev–Trinajstić information content (AvgIpc) is 3.41. The number of H-pyrrole nitrogens is 1. The summed E-state index contributed by atoms with van der Waals surface area (Å²) in [4.78, 5) is 5.03. The molecule has 4 aromatic rings. The number of tetrazole rings is 1. The number of benzene rings is 2. The number of aryl methyl sites for hydroxylation is 1. The van der Waals surface area contributed by atoms with Gasteiger partial charge >= 0.3 is 185 Å². The molecule has 5 rings (SSSR count). The molecule has 8 heteroatoms. The van der Waals surface area contributed by atoms with Crippen LogP contribution in [-0.4, -0.2) is 44.1 Å². The second kappa shape index (κ2) is 9.50. The molecule has 1 saturated heterocycles. The average molecular weight is 542 g/mol. The summed E-state index contributed by atoms with van der Waals surface area (Å²) >= 11 is -1.06. The molecule has 32 heavy (non-hydrogen) atoms. The standard InChI is InChI=1S/C24H27IN6O/c1-2-3-8-22-26-23(25-13-14-25)21(16-32)31(22)15-17-9-11-18(12-10-17)19-6-4-5-7-20(19)24-27-29-30-28-24/h4-7,9-12,32H,2-3,8,13-16H2,1H3,(H,27,28,29,30). The van der Waals surface area contributed by atoms with Crippen molar-refractivity contribution in [3.8, 4) is 22.5 Å². The molecule has 0 amide bonds. The second-order valence-corrected chi connectivity index (χ2v) is 13.7. The Balaban J connectivity index is 1.44. The van der Waals surface area contributed by atoms with Gasteiger partial charge in [-0.2, -0.15) is 5.21 Å². The Hall–Kier alpha value is -2.59. The van der Waals surface area contributed by atoms with Crippen LogP contribution in [0.5, 0.6) is 0 Å². The number of aliphatic hydroxyl groups is 1. The molecule has 1 aliphatic heterocycles. The van der Waals surface area contributed by atoms with Gasteiger partial charge in [0, 0.05) is 0 Å². The Bertz CT molecular complexity index is 1180. The van der Waals surface area contributed by atoms with E-state index in [0.717, 1.165) is 54.0 Å². The van der Waals surface area contributed by atoms with E-state index in [1.807, 2.05) is 18.2 Å². The molecule has 166 valence electrons. The van der Waals surface area contributed by atoms with E-state index in [9.17, 15) is 5.11 Å². The zero-order valence-electron chi connectivity index (χ0n) is 18.1. The van der Waals surface area contributed by atoms with Gasteiger partial charge in [-0.25, -0.2) is 0 Å². The van der Waals surface area contributed by atoms with Crippen molar-refractivity contribution >= 4 is 19.8 Å². The molecule has 0 atom stereocenters. The van der Waals surface area contributed by atoms with Crippen molar-refractivity contribution in [2.45, 2.75) is 39.3 Å². The van der Waals surface area contributed by atoms with Gasteiger partial charge in [0.1, 0.15) is 0 Å². The Morgan fingerprint density at radius 3 is 2.50 bits per heavy atom. The molecule has 0 bridgehead atoms. The van der Waals surface area contributed by atoms with Crippen molar-refractivity contribution in [1.29, 1.82) is 0 Å². The van der Waals surface area contributed by atoms with E-state index in [1.165, 1.54) is 18.1 Å². The summed E-state index contributed by atoms with van der Waals surface area (Å²) in [6.07, 6.45) is 3.25. The third-order valence-electron chi connectivity index (χ3n) is 5.76. The molecular formula is C24H27IN6O. The first-order valence-electron chi connectivity index (χ1n) is 11.0. The minimum atomic E-state index is -1.06. The molecule has 2 aromatic heterocycles. The zero-order valence-corrected chi connectivity index (χ0v) is 20.3. The molecule has 0 aliphatic carbocycles. The van der Waals surface area contributed by atoms with E-state index in [1.54, 1.807) is 0 Å². The van der Waals surface area contributed by atoms with Gasteiger partial charge in [0.15, 0.2) is 0 Å². The third-order valence-corrected chi connectivity index (χ3v) is 10.2. The van der Waals surface area contributed by atoms with Crippen LogP contribution in [0.25, 0.3) is 22.5 Å². The van der Waals surface area contributed by atoms with E-state index < -0.39 is 19.8 Å². The number of hydrogen-bond acceptors (Lipinski definition) is 5. The second-order valence-electron chi connectivity index (χ2n) is 7.93. The molecule has 0 saturated carbocycles. The van der Waals surface area contributed by atoms with Gasteiger partial charge in [-0.1, -0.05) is 0 Å². The number of nitrogens with one attached hydrogen (secondary N) is 1. The van der Waals surface area contributed by atoms with Crippen molar-refractivity contribution in [3.63, 3.8) is 0 Å². The van der Waals surface area contributed by atoms with Crippen molar-refractivity contribution < 1.29 is 5.11 Å². The van der Waals surface area contributed by atoms with Crippen molar-refractivity contribution in [2.24, 2.45) is 0 Å². The van der Waals surface area contributed by atoms with Crippen LogP contribution in [0.15, 0.2) is 48.5 Å². The number of hydrogen-bond donors (Lipinski definition) is 2. The molecule has 1 fully saturated rings. The topological polar surface area (TPSA) is 92.5 Å². The quantitative estimate of drug-likeness (QED) is 0.243. The predicted octanol–water partition coefficient (Wildman–Crippen LogP) is 4.30. The molecule has 0 unspecified atom stereocenters. The summed E-state index contributed by atoms with van der Waals surface area (Å²) in [5.74, 6) is 1.73. The van der Waals surface area contributed by atoms with Gasteiger partial charge in [0.25, 0.3) is 0 Å².